The predicted molar refractivity (Wildman–Crippen MR) is 80.4 cm³/mol. The number of amides is 1. The summed E-state index contributed by atoms with van der Waals surface area (Å²) in [4.78, 5) is 24.7. The Labute approximate surface area is 126 Å². The van der Waals surface area contributed by atoms with Gasteiger partial charge in [-0.15, -0.1) is 0 Å². The molecule has 0 saturated heterocycles. The lowest BCUT2D eigenvalue weighted by molar-refractivity contribution is 0.0922. The molecule has 0 unspecified atom stereocenters. The number of aliphatic hydroxyl groups is 1. The third-order valence-electron chi connectivity index (χ3n) is 5.01. The van der Waals surface area contributed by atoms with Crippen molar-refractivity contribution < 1.29 is 9.90 Å². The monoisotopic (exact) mass is 299 g/mol. The number of aliphatic hydroxyl groups excluding tert-OH is 1. The molecule has 1 heterocycles. The van der Waals surface area contributed by atoms with Crippen molar-refractivity contribution in [2.75, 3.05) is 6.61 Å². The number of hydrogen-bond donors (Lipinski definition) is 3. The van der Waals surface area contributed by atoms with Gasteiger partial charge in [-0.25, -0.2) is 0 Å². The van der Waals surface area contributed by atoms with Gasteiger partial charge in [-0.3, -0.25) is 14.7 Å². The number of rotatable bonds is 3. The molecule has 1 amide bonds. The fraction of sp³-hybridized carbons (Fsp3) is 0.438. The smallest absolute Gasteiger partial charge is 0.276 e. The fourth-order valence-corrected chi connectivity index (χ4v) is 3.76. The normalized spacial score (nSPS) is 29.3. The van der Waals surface area contributed by atoms with E-state index < -0.39 is 5.91 Å². The number of carbonyl (C=O) groups excluding carboxylic acids is 1. The molecular weight excluding hydrogens is 282 g/mol. The van der Waals surface area contributed by atoms with Crippen LogP contribution in [-0.2, 0) is 0 Å². The van der Waals surface area contributed by atoms with E-state index in [0.29, 0.717) is 22.7 Å². The minimum Gasteiger partial charge on any atom is -0.396 e. The summed E-state index contributed by atoms with van der Waals surface area (Å²) in [5, 5.41) is 19.4. The van der Waals surface area contributed by atoms with Crippen molar-refractivity contribution in [2.45, 2.75) is 18.9 Å². The van der Waals surface area contributed by atoms with Crippen LogP contribution >= 0.6 is 0 Å². The number of fused-ring (bicyclic) bond motifs is 2. The van der Waals surface area contributed by atoms with E-state index in [9.17, 15) is 14.7 Å². The van der Waals surface area contributed by atoms with E-state index >= 15 is 0 Å². The molecule has 2 saturated carbocycles. The average molecular weight is 299 g/mol. The Morgan fingerprint density at radius 3 is 2.91 bits per heavy atom. The van der Waals surface area contributed by atoms with Gasteiger partial charge in [-0.2, -0.15) is 5.10 Å². The molecule has 2 aromatic rings. The first-order valence-electron chi connectivity index (χ1n) is 7.58. The number of carbonyl (C=O) groups is 1. The minimum absolute atomic E-state index is 0.0438. The highest BCUT2D eigenvalue weighted by molar-refractivity contribution is 5.95. The van der Waals surface area contributed by atoms with Gasteiger partial charge in [0.15, 0.2) is 5.69 Å². The lowest BCUT2D eigenvalue weighted by Crippen LogP contribution is -2.38. The van der Waals surface area contributed by atoms with E-state index in [1.165, 1.54) is 0 Å². The summed E-state index contributed by atoms with van der Waals surface area (Å²) >= 11 is 0. The molecule has 2 fully saturated rings. The highest BCUT2D eigenvalue weighted by Gasteiger charge is 2.54. The van der Waals surface area contributed by atoms with Crippen molar-refractivity contribution in [3.05, 3.63) is 40.2 Å². The Balaban J connectivity index is 1.59. The number of nitrogens with one attached hydrogen (secondary N) is 2. The zero-order valence-corrected chi connectivity index (χ0v) is 12.0. The number of aromatic nitrogens is 2. The van der Waals surface area contributed by atoms with E-state index in [-0.39, 0.29) is 29.7 Å². The maximum Gasteiger partial charge on any atom is 0.276 e. The quantitative estimate of drug-likeness (QED) is 0.776. The summed E-state index contributed by atoms with van der Waals surface area (Å²) in [6.45, 7) is 0.169. The highest BCUT2D eigenvalue weighted by atomic mass is 16.3. The standard InChI is InChI=1S/C16H17N3O3/c20-7-8-5-13(11-6-10(8)11)17-16(22)14-15(21)9-3-1-2-4-12(9)18-19-14/h1-4,8,10-11,13,20H,5-7H2,(H,17,22)(H,18,21)/t8-,10-,11-,13-/m0/s1. The maximum atomic E-state index is 12.4. The number of nitrogens with zero attached hydrogens (tertiary/aromatic N) is 1. The number of para-hydroxylation sites is 1. The first kappa shape index (κ1) is 13.5. The second-order valence-electron chi connectivity index (χ2n) is 6.27. The Kier molecular flexibility index (Phi) is 3.00. The van der Waals surface area contributed by atoms with Crippen molar-refractivity contribution in [3.63, 3.8) is 0 Å². The molecule has 3 N–H and O–H groups in total. The van der Waals surface area contributed by atoms with Gasteiger partial charge in [-0.05, 0) is 42.7 Å². The van der Waals surface area contributed by atoms with Crippen molar-refractivity contribution in [1.29, 1.82) is 0 Å². The Hall–Kier alpha value is -2.21. The zero-order chi connectivity index (χ0) is 15.3. The Bertz CT molecular complexity index is 801. The molecule has 1 aromatic carbocycles. The number of aromatic amines is 1. The van der Waals surface area contributed by atoms with Crippen molar-refractivity contribution in [2.24, 2.45) is 17.8 Å². The summed E-state index contributed by atoms with van der Waals surface area (Å²) in [5.74, 6) is 0.818. The van der Waals surface area contributed by atoms with Gasteiger partial charge in [0.25, 0.3) is 5.91 Å². The predicted octanol–water partition coefficient (Wildman–Crippen LogP) is 0.670. The number of H-pyrrole nitrogens is 1. The second-order valence-corrected chi connectivity index (χ2v) is 6.27. The average Bonchev–Trinajstić information content (AvgIpc) is 3.26. The zero-order valence-electron chi connectivity index (χ0n) is 12.0. The Morgan fingerprint density at radius 1 is 1.32 bits per heavy atom. The third kappa shape index (κ3) is 2.02. The van der Waals surface area contributed by atoms with Crippen LogP contribution in [0.3, 0.4) is 0 Å². The van der Waals surface area contributed by atoms with Gasteiger partial charge in [-0.1, -0.05) is 12.1 Å². The van der Waals surface area contributed by atoms with Gasteiger partial charge in [0, 0.05) is 18.0 Å². The maximum absolute atomic E-state index is 12.4. The first-order chi connectivity index (χ1) is 10.7. The summed E-state index contributed by atoms with van der Waals surface area (Å²) in [7, 11) is 0. The third-order valence-corrected chi connectivity index (χ3v) is 5.01. The molecule has 22 heavy (non-hydrogen) atoms. The van der Waals surface area contributed by atoms with Crippen LogP contribution < -0.4 is 10.7 Å². The van der Waals surface area contributed by atoms with Crippen LogP contribution in [0.25, 0.3) is 10.9 Å². The van der Waals surface area contributed by atoms with Crippen molar-refractivity contribution >= 4 is 16.8 Å². The minimum atomic E-state index is -0.429. The first-order valence-corrected chi connectivity index (χ1v) is 7.58. The molecule has 0 radical (unpaired) electrons. The van der Waals surface area contributed by atoms with E-state index in [1.54, 1.807) is 24.3 Å². The van der Waals surface area contributed by atoms with Crippen LogP contribution in [0.2, 0.25) is 0 Å². The molecule has 0 bridgehead atoms. The fourth-order valence-electron chi connectivity index (χ4n) is 3.76. The molecule has 114 valence electrons. The van der Waals surface area contributed by atoms with Crippen LogP contribution in [0.15, 0.2) is 29.1 Å². The van der Waals surface area contributed by atoms with Gasteiger partial charge < -0.3 is 10.4 Å². The molecule has 2 aliphatic rings. The lowest BCUT2D eigenvalue weighted by Gasteiger charge is -2.16. The van der Waals surface area contributed by atoms with Gasteiger partial charge in [0.1, 0.15) is 0 Å². The van der Waals surface area contributed by atoms with Gasteiger partial charge in [0.2, 0.25) is 5.43 Å². The summed E-state index contributed by atoms with van der Waals surface area (Å²) in [5.41, 5.74) is 0.173. The van der Waals surface area contributed by atoms with Crippen LogP contribution in [0.1, 0.15) is 23.3 Å². The molecule has 0 spiro atoms. The lowest BCUT2D eigenvalue weighted by atomic mass is 10.0. The summed E-state index contributed by atoms with van der Waals surface area (Å²) < 4.78 is 0. The topological polar surface area (TPSA) is 95.1 Å². The highest BCUT2D eigenvalue weighted by Crippen LogP contribution is 2.55. The molecule has 4 rings (SSSR count). The van der Waals surface area contributed by atoms with E-state index in [4.69, 9.17) is 0 Å². The molecule has 6 heteroatoms. The van der Waals surface area contributed by atoms with Crippen molar-refractivity contribution in [3.8, 4) is 0 Å². The van der Waals surface area contributed by atoms with Crippen LogP contribution in [0.5, 0.6) is 0 Å². The van der Waals surface area contributed by atoms with Gasteiger partial charge in [0.05, 0.1) is 5.52 Å². The SMILES string of the molecule is O=C(N[C@H]1C[C@@H](CO)[C@@H]2C[C@@H]21)c1n[nH]c2ccccc2c1=O. The van der Waals surface area contributed by atoms with Crippen LogP contribution in [0.4, 0.5) is 0 Å². The number of hydrogen-bond acceptors (Lipinski definition) is 4. The second kappa shape index (κ2) is 4.91. The summed E-state index contributed by atoms with van der Waals surface area (Å²) in [6.07, 6.45) is 1.83. The molecular formula is C16H17N3O3. The molecule has 0 aliphatic heterocycles. The molecule has 1 aromatic heterocycles. The van der Waals surface area contributed by atoms with Crippen LogP contribution in [-0.4, -0.2) is 33.9 Å². The van der Waals surface area contributed by atoms with Gasteiger partial charge >= 0.3 is 0 Å². The summed E-state index contributed by atoms with van der Waals surface area (Å²) in [6, 6.07) is 7.05. The molecule has 6 nitrogen and oxygen atoms in total. The largest absolute Gasteiger partial charge is 0.396 e. The van der Waals surface area contributed by atoms with E-state index in [0.717, 1.165) is 12.8 Å². The van der Waals surface area contributed by atoms with E-state index in [2.05, 4.69) is 15.5 Å². The Morgan fingerprint density at radius 2 is 2.14 bits per heavy atom. The van der Waals surface area contributed by atoms with Crippen molar-refractivity contribution in [1.82, 2.24) is 15.5 Å². The van der Waals surface area contributed by atoms with E-state index in [1.807, 2.05) is 0 Å². The molecule has 4 atom stereocenters. The number of benzene rings is 1. The molecule has 2 aliphatic carbocycles. The van der Waals surface area contributed by atoms with Crippen LogP contribution in [0, 0.1) is 17.8 Å².